The van der Waals surface area contributed by atoms with E-state index in [4.69, 9.17) is 14.2 Å². The summed E-state index contributed by atoms with van der Waals surface area (Å²) in [6.07, 6.45) is 82.6. The Labute approximate surface area is 436 Å². The predicted octanol–water partition coefficient (Wildman–Crippen LogP) is 19.2. The van der Waals surface area contributed by atoms with Gasteiger partial charge in [0.15, 0.2) is 6.10 Å². The van der Waals surface area contributed by atoms with Crippen LogP contribution in [0.3, 0.4) is 0 Å². The SMILES string of the molecule is CC/C=C\C/C=C\C/C=C\C/C=C\C/C=C\C/C=C\CCCCC(=O)OCC(COC(=O)CCCC/C=C\C/C=C\C/C=C\C/C=C\CC)OC(=O)CCCCCCCCC/C=C\C/C=C\CCCCC. The largest absolute Gasteiger partial charge is 0.462 e. The zero-order chi connectivity index (χ0) is 51.4. The van der Waals surface area contributed by atoms with Crippen LogP contribution in [0.2, 0.25) is 0 Å². The first kappa shape index (κ1) is 66.3. The summed E-state index contributed by atoms with van der Waals surface area (Å²) in [5, 5.41) is 0. The van der Waals surface area contributed by atoms with E-state index in [0.717, 1.165) is 122 Å². The second kappa shape index (κ2) is 57.9. The summed E-state index contributed by atoms with van der Waals surface area (Å²) in [6, 6.07) is 0. The molecule has 0 saturated heterocycles. The fraction of sp³-hybridized carbons (Fsp3) is 0.585. The van der Waals surface area contributed by atoms with Gasteiger partial charge in [-0.15, -0.1) is 0 Å². The van der Waals surface area contributed by atoms with Gasteiger partial charge in [-0.2, -0.15) is 0 Å². The van der Waals surface area contributed by atoms with Crippen molar-refractivity contribution in [1.29, 1.82) is 0 Å². The summed E-state index contributed by atoms with van der Waals surface area (Å²) in [6.45, 7) is 6.29. The number of carbonyl (C=O) groups excluding carboxylic acids is 3. The molecule has 6 heteroatoms. The number of hydrogen-bond donors (Lipinski definition) is 0. The predicted molar refractivity (Wildman–Crippen MR) is 306 cm³/mol. The topological polar surface area (TPSA) is 78.9 Å². The van der Waals surface area contributed by atoms with Gasteiger partial charge in [0, 0.05) is 19.3 Å². The van der Waals surface area contributed by atoms with Gasteiger partial charge in [0.1, 0.15) is 13.2 Å². The fourth-order valence-corrected chi connectivity index (χ4v) is 7.11. The van der Waals surface area contributed by atoms with E-state index in [0.29, 0.717) is 19.3 Å². The minimum atomic E-state index is -0.825. The lowest BCUT2D eigenvalue weighted by Crippen LogP contribution is -2.30. The Morgan fingerprint density at radius 1 is 0.296 bits per heavy atom. The molecule has 0 spiro atoms. The molecule has 0 aromatic heterocycles. The summed E-state index contributed by atoms with van der Waals surface area (Å²) in [4.78, 5) is 38.1. The van der Waals surface area contributed by atoms with Gasteiger partial charge in [-0.1, -0.05) is 212 Å². The van der Waals surface area contributed by atoms with Crippen LogP contribution >= 0.6 is 0 Å². The van der Waals surface area contributed by atoms with E-state index in [1.807, 2.05) is 0 Å². The highest BCUT2D eigenvalue weighted by molar-refractivity contribution is 5.71. The van der Waals surface area contributed by atoms with Crippen molar-refractivity contribution in [2.24, 2.45) is 0 Å². The van der Waals surface area contributed by atoms with Gasteiger partial charge in [0.05, 0.1) is 0 Å². The van der Waals surface area contributed by atoms with E-state index in [2.05, 4.69) is 167 Å². The maximum atomic E-state index is 12.9. The van der Waals surface area contributed by atoms with Crippen molar-refractivity contribution < 1.29 is 28.6 Å². The molecule has 398 valence electrons. The number of rotatable bonds is 49. The van der Waals surface area contributed by atoms with Gasteiger partial charge in [-0.05, 0) is 141 Å². The lowest BCUT2D eigenvalue weighted by molar-refractivity contribution is -0.167. The van der Waals surface area contributed by atoms with Crippen LogP contribution in [0, 0.1) is 0 Å². The van der Waals surface area contributed by atoms with Crippen molar-refractivity contribution in [2.45, 2.75) is 232 Å². The van der Waals surface area contributed by atoms with E-state index in [1.54, 1.807) is 0 Å². The van der Waals surface area contributed by atoms with E-state index < -0.39 is 6.10 Å². The van der Waals surface area contributed by atoms with Crippen molar-refractivity contribution in [3.8, 4) is 0 Å². The van der Waals surface area contributed by atoms with Crippen molar-refractivity contribution in [2.75, 3.05) is 13.2 Å². The number of unbranched alkanes of at least 4 members (excludes halogenated alkanes) is 14. The van der Waals surface area contributed by atoms with Crippen molar-refractivity contribution in [3.05, 3.63) is 146 Å². The Bertz CT molecular complexity index is 1590. The third-order valence-corrected chi connectivity index (χ3v) is 11.3. The van der Waals surface area contributed by atoms with Crippen molar-refractivity contribution in [3.63, 3.8) is 0 Å². The summed E-state index contributed by atoms with van der Waals surface area (Å²) < 4.78 is 16.8. The van der Waals surface area contributed by atoms with Crippen molar-refractivity contribution >= 4 is 17.9 Å². The zero-order valence-electron chi connectivity index (χ0n) is 45.4. The first-order chi connectivity index (χ1) is 35.0. The molecule has 0 fully saturated rings. The molecule has 0 radical (unpaired) electrons. The van der Waals surface area contributed by atoms with Crippen molar-refractivity contribution in [1.82, 2.24) is 0 Å². The Balaban J connectivity index is 4.56. The second-order valence-corrected chi connectivity index (χ2v) is 18.1. The van der Waals surface area contributed by atoms with Crippen LogP contribution in [-0.4, -0.2) is 37.2 Å². The van der Waals surface area contributed by atoms with Gasteiger partial charge in [-0.3, -0.25) is 14.4 Å². The molecule has 0 aliphatic heterocycles. The van der Waals surface area contributed by atoms with E-state index in [9.17, 15) is 14.4 Å². The molecule has 0 amide bonds. The molecule has 0 rings (SSSR count). The molecule has 6 nitrogen and oxygen atoms in total. The molecule has 1 unspecified atom stereocenters. The van der Waals surface area contributed by atoms with Crippen LogP contribution in [-0.2, 0) is 28.6 Å². The number of carbonyl (C=O) groups is 3. The van der Waals surface area contributed by atoms with Gasteiger partial charge in [0.25, 0.3) is 0 Å². The van der Waals surface area contributed by atoms with Gasteiger partial charge < -0.3 is 14.2 Å². The molecular formula is C65H102O6. The summed E-state index contributed by atoms with van der Waals surface area (Å²) in [5.41, 5.74) is 0. The smallest absolute Gasteiger partial charge is 0.306 e. The van der Waals surface area contributed by atoms with Crippen LogP contribution in [0.5, 0.6) is 0 Å². The minimum absolute atomic E-state index is 0.123. The first-order valence-corrected chi connectivity index (χ1v) is 28.3. The van der Waals surface area contributed by atoms with Gasteiger partial charge in [0.2, 0.25) is 0 Å². The lowest BCUT2D eigenvalue weighted by Gasteiger charge is -2.18. The van der Waals surface area contributed by atoms with Crippen LogP contribution in [0.4, 0.5) is 0 Å². The summed E-state index contributed by atoms with van der Waals surface area (Å²) in [5.74, 6) is -1.02. The Kier molecular flexibility index (Phi) is 54.0. The van der Waals surface area contributed by atoms with E-state index >= 15 is 0 Å². The Morgan fingerprint density at radius 3 is 0.887 bits per heavy atom. The van der Waals surface area contributed by atoms with Crippen LogP contribution in [0.25, 0.3) is 0 Å². The van der Waals surface area contributed by atoms with Crippen LogP contribution in [0.15, 0.2) is 146 Å². The molecule has 0 aromatic rings. The van der Waals surface area contributed by atoms with Gasteiger partial charge >= 0.3 is 17.9 Å². The summed E-state index contributed by atoms with van der Waals surface area (Å²) >= 11 is 0. The first-order valence-electron chi connectivity index (χ1n) is 28.3. The van der Waals surface area contributed by atoms with Gasteiger partial charge in [-0.25, -0.2) is 0 Å². The van der Waals surface area contributed by atoms with Crippen LogP contribution < -0.4 is 0 Å². The molecule has 0 heterocycles. The minimum Gasteiger partial charge on any atom is -0.462 e. The lowest BCUT2D eigenvalue weighted by atomic mass is 10.1. The standard InChI is InChI=1S/C65H102O6/c1-4-7-10-13-16-19-22-25-28-30-31-32-33-35-37-40-43-46-49-52-55-58-64(67)70-61-62(60-69-63(66)57-54-51-48-45-42-39-36-27-24-21-18-15-12-9-6-3)71-65(68)59-56-53-50-47-44-41-38-34-29-26-23-20-17-14-11-8-5-2/h7,9-10,12,16-21,25-29,31-32,35-37,42-43,45-46,62H,4-6,8,11,13-15,22-24,30,33-34,38-41,44,47-61H2,1-3H3/b10-7-,12-9-,19-16-,20-17-,21-18-,28-25-,29-26-,32-31-,36-27-,37-35-,45-42-,46-43-. The molecule has 0 N–H and O–H groups in total. The summed E-state index contributed by atoms with van der Waals surface area (Å²) in [7, 11) is 0. The Hall–Kier alpha value is -4.71. The third kappa shape index (κ3) is 56.1. The monoisotopic (exact) mass is 979 g/mol. The number of ether oxygens (including phenoxy) is 3. The normalized spacial score (nSPS) is 13.2. The highest BCUT2D eigenvalue weighted by atomic mass is 16.6. The molecule has 0 saturated carbocycles. The number of allylic oxidation sites excluding steroid dienone is 24. The number of esters is 3. The molecule has 0 aromatic carbocycles. The maximum Gasteiger partial charge on any atom is 0.306 e. The van der Waals surface area contributed by atoms with E-state index in [-0.39, 0.29) is 44.0 Å². The quantitative estimate of drug-likeness (QED) is 0.0262. The fourth-order valence-electron chi connectivity index (χ4n) is 7.11. The maximum absolute atomic E-state index is 12.9. The highest BCUT2D eigenvalue weighted by Crippen LogP contribution is 2.13. The average Bonchev–Trinajstić information content (AvgIpc) is 3.37. The average molecular weight is 980 g/mol. The Morgan fingerprint density at radius 2 is 0.549 bits per heavy atom. The molecule has 0 aliphatic carbocycles. The highest BCUT2D eigenvalue weighted by Gasteiger charge is 2.19. The molecule has 71 heavy (non-hydrogen) atoms. The third-order valence-electron chi connectivity index (χ3n) is 11.3. The molecule has 1 atom stereocenters. The molecular weight excluding hydrogens is 877 g/mol. The van der Waals surface area contributed by atoms with E-state index in [1.165, 1.54) is 51.4 Å². The molecule has 0 bridgehead atoms. The van der Waals surface area contributed by atoms with Crippen LogP contribution in [0.1, 0.15) is 226 Å². The second-order valence-electron chi connectivity index (χ2n) is 18.1. The zero-order valence-corrected chi connectivity index (χ0v) is 45.4. The molecule has 0 aliphatic rings. The number of hydrogen-bond acceptors (Lipinski definition) is 6.